The van der Waals surface area contributed by atoms with Gasteiger partial charge < -0.3 is 0 Å². The third kappa shape index (κ3) is 2.26. The van der Waals surface area contributed by atoms with Crippen LogP contribution in [0, 0.1) is 5.92 Å². The molecule has 0 radical (unpaired) electrons. The molecular formula is C12H14BrClO. The number of hydrogen-bond acceptors (Lipinski definition) is 1. The van der Waals surface area contributed by atoms with Crippen molar-refractivity contribution in [3.05, 3.63) is 34.3 Å². The van der Waals surface area contributed by atoms with Gasteiger partial charge in [0, 0.05) is 4.47 Å². The molecule has 1 atom stereocenters. The minimum atomic E-state index is -0.637. The van der Waals surface area contributed by atoms with E-state index in [1.807, 2.05) is 45.0 Å². The van der Waals surface area contributed by atoms with Gasteiger partial charge in [-0.2, -0.15) is 0 Å². The molecule has 1 rings (SSSR count). The maximum absolute atomic E-state index is 11.6. The lowest BCUT2D eigenvalue weighted by Crippen LogP contribution is -2.35. The van der Waals surface area contributed by atoms with Gasteiger partial charge in [0.05, 0.1) is 5.41 Å². The highest BCUT2D eigenvalue weighted by molar-refractivity contribution is 9.10. The first kappa shape index (κ1) is 12.7. The molecule has 3 heteroatoms. The molecule has 0 aliphatic heterocycles. The van der Waals surface area contributed by atoms with Gasteiger partial charge in [0.2, 0.25) is 5.24 Å². The van der Waals surface area contributed by atoms with Gasteiger partial charge in [-0.05, 0) is 36.1 Å². The summed E-state index contributed by atoms with van der Waals surface area (Å²) in [5.74, 6) is 0.154. The molecule has 0 fully saturated rings. The second kappa shape index (κ2) is 4.67. The van der Waals surface area contributed by atoms with Crippen LogP contribution >= 0.6 is 27.5 Å². The minimum absolute atomic E-state index is 0.154. The van der Waals surface area contributed by atoms with Crippen molar-refractivity contribution >= 4 is 32.8 Å². The smallest absolute Gasteiger partial charge is 0.232 e. The Morgan fingerprint density at radius 3 is 2.33 bits per heavy atom. The zero-order chi connectivity index (χ0) is 11.6. The van der Waals surface area contributed by atoms with Crippen molar-refractivity contribution in [1.82, 2.24) is 0 Å². The second-order valence-corrected chi connectivity index (χ2v) is 5.31. The Morgan fingerprint density at radius 1 is 1.40 bits per heavy atom. The van der Waals surface area contributed by atoms with Gasteiger partial charge in [-0.1, -0.05) is 48.0 Å². The molecule has 0 aromatic heterocycles. The quantitative estimate of drug-likeness (QED) is 0.765. The molecular weight excluding hydrogens is 275 g/mol. The summed E-state index contributed by atoms with van der Waals surface area (Å²) >= 11 is 9.18. The number of carbonyl (C=O) groups is 1. The van der Waals surface area contributed by atoms with Gasteiger partial charge in [0.25, 0.3) is 0 Å². The van der Waals surface area contributed by atoms with E-state index in [-0.39, 0.29) is 11.2 Å². The van der Waals surface area contributed by atoms with Crippen LogP contribution < -0.4 is 0 Å². The SMILES string of the molecule is CC(C)C(C)(C(=O)Cl)c1ccccc1Br. The summed E-state index contributed by atoms with van der Waals surface area (Å²) < 4.78 is 0.926. The largest absolute Gasteiger partial charge is 0.280 e. The number of benzene rings is 1. The highest BCUT2D eigenvalue weighted by Crippen LogP contribution is 2.38. The van der Waals surface area contributed by atoms with Crippen LogP contribution in [-0.2, 0) is 10.2 Å². The molecule has 0 aliphatic rings. The molecule has 0 heterocycles. The number of rotatable bonds is 3. The van der Waals surface area contributed by atoms with Gasteiger partial charge >= 0.3 is 0 Å². The van der Waals surface area contributed by atoms with Gasteiger partial charge in [0.1, 0.15) is 0 Å². The third-order valence-corrected chi connectivity index (χ3v) is 4.08. The molecule has 1 unspecified atom stereocenters. The summed E-state index contributed by atoms with van der Waals surface area (Å²) in [6, 6.07) is 7.70. The minimum Gasteiger partial charge on any atom is -0.280 e. The predicted octanol–water partition coefficient (Wildman–Crippen LogP) is 4.13. The van der Waals surface area contributed by atoms with Crippen LogP contribution in [0.25, 0.3) is 0 Å². The summed E-state index contributed by atoms with van der Waals surface area (Å²) in [6.07, 6.45) is 0. The Balaban J connectivity index is 3.34. The molecule has 1 aromatic carbocycles. The first-order valence-corrected chi connectivity index (χ1v) is 6.02. The van der Waals surface area contributed by atoms with Crippen LogP contribution in [0.4, 0.5) is 0 Å². The van der Waals surface area contributed by atoms with E-state index in [9.17, 15) is 4.79 Å². The summed E-state index contributed by atoms with van der Waals surface area (Å²) in [4.78, 5) is 11.6. The third-order valence-electron chi connectivity index (χ3n) is 3.00. The van der Waals surface area contributed by atoms with E-state index in [4.69, 9.17) is 11.6 Å². The van der Waals surface area contributed by atoms with E-state index in [1.54, 1.807) is 0 Å². The zero-order valence-electron chi connectivity index (χ0n) is 9.05. The molecule has 0 bridgehead atoms. The molecule has 82 valence electrons. The fraction of sp³-hybridized carbons (Fsp3) is 0.417. The molecule has 0 saturated heterocycles. The summed E-state index contributed by atoms with van der Waals surface area (Å²) in [5, 5.41) is -0.315. The van der Waals surface area contributed by atoms with Crippen molar-refractivity contribution in [3.63, 3.8) is 0 Å². The molecule has 0 saturated carbocycles. The van der Waals surface area contributed by atoms with Gasteiger partial charge in [-0.3, -0.25) is 4.79 Å². The Labute approximate surface area is 104 Å². The van der Waals surface area contributed by atoms with Crippen molar-refractivity contribution in [2.45, 2.75) is 26.2 Å². The summed E-state index contributed by atoms with van der Waals surface area (Å²) in [7, 11) is 0. The first-order valence-electron chi connectivity index (χ1n) is 4.85. The lowest BCUT2D eigenvalue weighted by atomic mass is 9.74. The normalized spacial score (nSPS) is 15.1. The Hall–Kier alpha value is -0.340. The molecule has 0 spiro atoms. The molecule has 0 amide bonds. The average molecular weight is 290 g/mol. The van der Waals surface area contributed by atoms with Crippen molar-refractivity contribution < 1.29 is 4.79 Å². The fourth-order valence-electron chi connectivity index (χ4n) is 1.53. The van der Waals surface area contributed by atoms with Crippen molar-refractivity contribution in [2.24, 2.45) is 5.92 Å². The lowest BCUT2D eigenvalue weighted by molar-refractivity contribution is -0.117. The fourth-order valence-corrected chi connectivity index (χ4v) is 2.54. The van der Waals surface area contributed by atoms with Crippen LogP contribution in [0.15, 0.2) is 28.7 Å². The number of hydrogen-bond donors (Lipinski definition) is 0. The van der Waals surface area contributed by atoms with E-state index in [0.717, 1.165) is 10.0 Å². The van der Waals surface area contributed by atoms with Crippen molar-refractivity contribution in [1.29, 1.82) is 0 Å². The van der Waals surface area contributed by atoms with Gasteiger partial charge in [-0.25, -0.2) is 0 Å². The Kier molecular flexibility index (Phi) is 3.96. The van der Waals surface area contributed by atoms with E-state index in [0.29, 0.717) is 0 Å². The van der Waals surface area contributed by atoms with Crippen molar-refractivity contribution in [3.8, 4) is 0 Å². The second-order valence-electron chi connectivity index (χ2n) is 4.11. The van der Waals surface area contributed by atoms with Crippen LogP contribution in [0.1, 0.15) is 26.3 Å². The lowest BCUT2D eigenvalue weighted by Gasteiger charge is -2.31. The van der Waals surface area contributed by atoms with Crippen LogP contribution in [0.5, 0.6) is 0 Å². The van der Waals surface area contributed by atoms with Crippen molar-refractivity contribution in [2.75, 3.05) is 0 Å². The topological polar surface area (TPSA) is 17.1 Å². The van der Waals surface area contributed by atoms with E-state index in [1.165, 1.54) is 0 Å². The number of halogens is 2. The average Bonchev–Trinajstić information content (AvgIpc) is 2.16. The van der Waals surface area contributed by atoms with E-state index < -0.39 is 5.41 Å². The molecule has 0 aliphatic carbocycles. The van der Waals surface area contributed by atoms with Gasteiger partial charge in [0.15, 0.2) is 0 Å². The Bertz CT molecular complexity index is 376. The maximum Gasteiger partial charge on any atom is 0.232 e. The molecule has 0 N–H and O–H groups in total. The number of carbonyl (C=O) groups excluding carboxylic acids is 1. The van der Waals surface area contributed by atoms with Gasteiger partial charge in [-0.15, -0.1) is 0 Å². The van der Waals surface area contributed by atoms with E-state index in [2.05, 4.69) is 15.9 Å². The maximum atomic E-state index is 11.6. The molecule has 15 heavy (non-hydrogen) atoms. The molecule has 1 nitrogen and oxygen atoms in total. The highest BCUT2D eigenvalue weighted by atomic mass is 79.9. The van der Waals surface area contributed by atoms with Crippen LogP contribution in [-0.4, -0.2) is 5.24 Å². The Morgan fingerprint density at radius 2 is 1.93 bits per heavy atom. The molecule has 1 aromatic rings. The van der Waals surface area contributed by atoms with Crippen LogP contribution in [0.2, 0.25) is 0 Å². The standard InChI is InChI=1S/C12H14BrClO/c1-8(2)12(3,11(14)15)9-6-4-5-7-10(9)13/h4-8H,1-3H3. The van der Waals surface area contributed by atoms with Crippen LogP contribution in [0.3, 0.4) is 0 Å². The zero-order valence-corrected chi connectivity index (χ0v) is 11.4. The highest BCUT2D eigenvalue weighted by Gasteiger charge is 2.38. The van der Waals surface area contributed by atoms with E-state index >= 15 is 0 Å². The summed E-state index contributed by atoms with van der Waals surface area (Å²) in [5.41, 5.74) is 0.307. The predicted molar refractivity (Wildman–Crippen MR) is 67.2 cm³/mol. The summed E-state index contributed by atoms with van der Waals surface area (Å²) in [6.45, 7) is 5.88. The first-order chi connectivity index (χ1) is 6.90. The monoisotopic (exact) mass is 288 g/mol.